The van der Waals surface area contributed by atoms with E-state index >= 15 is 0 Å². The van der Waals surface area contributed by atoms with E-state index in [1.54, 1.807) is 24.3 Å². The summed E-state index contributed by atoms with van der Waals surface area (Å²) in [5.41, 5.74) is 13.1. The molecule has 2 aromatic carbocycles. The molecule has 4 heteroatoms. The molecule has 0 heterocycles. The van der Waals surface area contributed by atoms with Crippen LogP contribution < -0.4 is 16.2 Å². The lowest BCUT2D eigenvalue weighted by Crippen LogP contribution is -1.95. The minimum absolute atomic E-state index is 0.0128. The first-order valence-corrected chi connectivity index (χ1v) is 5.21. The number of ether oxygens (including phenoxy) is 1. The fraction of sp³-hybridized carbons (Fsp3) is 0.0769. The number of nitrogen functional groups attached to an aromatic ring is 2. The maximum absolute atomic E-state index is 9.02. The van der Waals surface area contributed by atoms with Gasteiger partial charge >= 0.3 is 0 Å². The molecule has 0 amide bonds. The van der Waals surface area contributed by atoms with Gasteiger partial charge in [-0.15, -0.1) is 0 Å². The van der Waals surface area contributed by atoms with Crippen LogP contribution in [0.25, 0.3) is 0 Å². The highest BCUT2D eigenvalue weighted by Crippen LogP contribution is 2.26. The molecule has 4 nitrogen and oxygen atoms in total. The SMILES string of the molecule is Nc1ccc(Oc2cccc(CO)c2)cc1N. The Labute approximate surface area is 99.4 Å². The van der Waals surface area contributed by atoms with Gasteiger partial charge in [0.05, 0.1) is 18.0 Å². The predicted molar refractivity (Wildman–Crippen MR) is 67.7 cm³/mol. The standard InChI is InChI=1S/C13H14N2O2/c14-12-5-4-11(7-13(12)15)17-10-3-1-2-9(6-10)8-16/h1-7,16H,8,14-15H2. The smallest absolute Gasteiger partial charge is 0.129 e. The quantitative estimate of drug-likeness (QED) is 0.705. The summed E-state index contributed by atoms with van der Waals surface area (Å²) < 4.78 is 5.61. The van der Waals surface area contributed by atoms with Crippen LogP contribution >= 0.6 is 0 Å². The fourth-order valence-electron chi connectivity index (χ4n) is 1.46. The molecular weight excluding hydrogens is 216 g/mol. The Bertz CT molecular complexity index is 527. The third-order valence-corrected chi connectivity index (χ3v) is 2.37. The van der Waals surface area contributed by atoms with Crippen LogP contribution in [-0.4, -0.2) is 5.11 Å². The van der Waals surface area contributed by atoms with Crippen molar-refractivity contribution in [3.63, 3.8) is 0 Å². The molecule has 0 aromatic heterocycles. The van der Waals surface area contributed by atoms with E-state index in [1.807, 2.05) is 18.2 Å². The fourth-order valence-corrected chi connectivity index (χ4v) is 1.46. The molecule has 17 heavy (non-hydrogen) atoms. The summed E-state index contributed by atoms with van der Waals surface area (Å²) in [7, 11) is 0. The van der Waals surface area contributed by atoms with Gasteiger partial charge in [-0.2, -0.15) is 0 Å². The molecule has 2 rings (SSSR count). The van der Waals surface area contributed by atoms with Crippen molar-refractivity contribution >= 4 is 11.4 Å². The van der Waals surface area contributed by atoms with Crippen molar-refractivity contribution in [2.24, 2.45) is 0 Å². The number of aliphatic hydroxyl groups excluding tert-OH is 1. The molecule has 0 atom stereocenters. The third-order valence-electron chi connectivity index (χ3n) is 2.37. The molecule has 0 radical (unpaired) electrons. The Balaban J connectivity index is 2.22. The lowest BCUT2D eigenvalue weighted by atomic mass is 10.2. The Morgan fingerprint density at radius 3 is 2.41 bits per heavy atom. The maximum Gasteiger partial charge on any atom is 0.129 e. The van der Waals surface area contributed by atoms with Crippen LogP contribution in [0.5, 0.6) is 11.5 Å². The van der Waals surface area contributed by atoms with Crippen LogP contribution in [0, 0.1) is 0 Å². The van der Waals surface area contributed by atoms with Gasteiger partial charge in [-0.3, -0.25) is 0 Å². The minimum Gasteiger partial charge on any atom is -0.457 e. The number of aliphatic hydroxyl groups is 1. The molecule has 0 fully saturated rings. The number of anilines is 2. The van der Waals surface area contributed by atoms with Crippen molar-refractivity contribution in [1.82, 2.24) is 0 Å². The summed E-state index contributed by atoms with van der Waals surface area (Å²) in [5, 5.41) is 9.02. The Kier molecular flexibility index (Phi) is 3.16. The van der Waals surface area contributed by atoms with Gasteiger partial charge in [0.15, 0.2) is 0 Å². The highest BCUT2D eigenvalue weighted by Gasteiger charge is 2.01. The first kappa shape index (κ1) is 11.3. The molecule has 0 saturated carbocycles. The first-order valence-electron chi connectivity index (χ1n) is 5.21. The molecule has 2 aromatic rings. The molecule has 0 aliphatic heterocycles. The predicted octanol–water partition coefficient (Wildman–Crippen LogP) is 2.14. The van der Waals surface area contributed by atoms with Gasteiger partial charge in [-0.1, -0.05) is 12.1 Å². The normalized spacial score (nSPS) is 10.2. The molecule has 0 aliphatic rings. The van der Waals surface area contributed by atoms with E-state index in [0.29, 0.717) is 22.9 Å². The Morgan fingerprint density at radius 2 is 1.71 bits per heavy atom. The van der Waals surface area contributed by atoms with Crippen molar-refractivity contribution in [3.05, 3.63) is 48.0 Å². The summed E-state index contributed by atoms with van der Waals surface area (Å²) >= 11 is 0. The molecule has 0 bridgehead atoms. The highest BCUT2D eigenvalue weighted by molar-refractivity contribution is 5.65. The zero-order chi connectivity index (χ0) is 12.3. The lowest BCUT2D eigenvalue weighted by molar-refractivity contribution is 0.281. The van der Waals surface area contributed by atoms with Gasteiger partial charge in [0.25, 0.3) is 0 Å². The Hall–Kier alpha value is -2.20. The van der Waals surface area contributed by atoms with Gasteiger partial charge in [0, 0.05) is 6.07 Å². The molecule has 0 unspecified atom stereocenters. The lowest BCUT2D eigenvalue weighted by Gasteiger charge is -2.08. The van der Waals surface area contributed by atoms with Gasteiger partial charge in [-0.25, -0.2) is 0 Å². The van der Waals surface area contributed by atoms with Crippen LogP contribution in [-0.2, 0) is 6.61 Å². The van der Waals surface area contributed by atoms with Crippen molar-refractivity contribution in [3.8, 4) is 11.5 Å². The summed E-state index contributed by atoms with van der Waals surface area (Å²) in [5.74, 6) is 1.27. The van der Waals surface area contributed by atoms with Crippen LogP contribution in [0.2, 0.25) is 0 Å². The molecule has 0 saturated heterocycles. The zero-order valence-electron chi connectivity index (χ0n) is 9.26. The van der Waals surface area contributed by atoms with Gasteiger partial charge in [0.2, 0.25) is 0 Å². The number of hydrogen-bond donors (Lipinski definition) is 3. The number of nitrogens with two attached hydrogens (primary N) is 2. The summed E-state index contributed by atoms with van der Waals surface area (Å²) in [4.78, 5) is 0. The molecule has 0 spiro atoms. The van der Waals surface area contributed by atoms with E-state index in [2.05, 4.69) is 0 Å². The topological polar surface area (TPSA) is 81.5 Å². The van der Waals surface area contributed by atoms with E-state index in [0.717, 1.165) is 5.56 Å². The van der Waals surface area contributed by atoms with Crippen molar-refractivity contribution in [2.45, 2.75) is 6.61 Å². The summed E-state index contributed by atoms with van der Waals surface area (Å²) in [6.45, 7) is -0.0128. The van der Waals surface area contributed by atoms with Crippen molar-refractivity contribution < 1.29 is 9.84 Å². The average molecular weight is 230 g/mol. The number of rotatable bonds is 3. The van der Waals surface area contributed by atoms with Gasteiger partial charge in [-0.05, 0) is 29.8 Å². The number of benzene rings is 2. The third kappa shape index (κ3) is 2.68. The minimum atomic E-state index is -0.0128. The highest BCUT2D eigenvalue weighted by atomic mass is 16.5. The maximum atomic E-state index is 9.02. The number of hydrogen-bond acceptors (Lipinski definition) is 4. The molecule has 0 aliphatic carbocycles. The largest absolute Gasteiger partial charge is 0.457 e. The van der Waals surface area contributed by atoms with Crippen LogP contribution in [0.15, 0.2) is 42.5 Å². The molecule has 5 N–H and O–H groups in total. The summed E-state index contributed by atoms with van der Waals surface area (Å²) in [6.07, 6.45) is 0. The van der Waals surface area contributed by atoms with E-state index in [9.17, 15) is 0 Å². The Morgan fingerprint density at radius 1 is 0.941 bits per heavy atom. The molecular formula is C13H14N2O2. The second-order valence-corrected chi connectivity index (χ2v) is 3.70. The second-order valence-electron chi connectivity index (χ2n) is 3.70. The van der Waals surface area contributed by atoms with E-state index in [4.69, 9.17) is 21.3 Å². The zero-order valence-corrected chi connectivity index (χ0v) is 9.26. The first-order chi connectivity index (χ1) is 8.19. The van der Waals surface area contributed by atoms with Crippen LogP contribution in [0.1, 0.15) is 5.56 Å². The van der Waals surface area contributed by atoms with Crippen molar-refractivity contribution in [1.29, 1.82) is 0 Å². The van der Waals surface area contributed by atoms with E-state index in [1.165, 1.54) is 0 Å². The monoisotopic (exact) mass is 230 g/mol. The second kappa shape index (κ2) is 4.76. The van der Waals surface area contributed by atoms with E-state index < -0.39 is 0 Å². The van der Waals surface area contributed by atoms with Gasteiger partial charge in [0.1, 0.15) is 11.5 Å². The van der Waals surface area contributed by atoms with Gasteiger partial charge < -0.3 is 21.3 Å². The van der Waals surface area contributed by atoms with Crippen molar-refractivity contribution in [2.75, 3.05) is 11.5 Å². The van der Waals surface area contributed by atoms with Crippen LogP contribution in [0.4, 0.5) is 11.4 Å². The average Bonchev–Trinajstić information content (AvgIpc) is 2.34. The molecule has 88 valence electrons. The van der Waals surface area contributed by atoms with Crippen LogP contribution in [0.3, 0.4) is 0 Å². The van der Waals surface area contributed by atoms with E-state index in [-0.39, 0.29) is 6.61 Å². The summed E-state index contributed by atoms with van der Waals surface area (Å²) in [6, 6.07) is 12.3.